The predicted octanol–water partition coefficient (Wildman–Crippen LogP) is 3.76. The van der Waals surface area contributed by atoms with Gasteiger partial charge in [0.1, 0.15) is 0 Å². The van der Waals surface area contributed by atoms with E-state index in [1.54, 1.807) is 41.3 Å². The second kappa shape index (κ2) is 10.1. The number of sulfonamides is 1. The van der Waals surface area contributed by atoms with Gasteiger partial charge in [-0.15, -0.1) is 23.1 Å². The number of rotatable bonds is 9. The fourth-order valence-corrected chi connectivity index (χ4v) is 5.80. The number of hydrogen-bond donors (Lipinski definition) is 2. The molecule has 0 saturated heterocycles. The van der Waals surface area contributed by atoms with Crippen LogP contribution in [-0.4, -0.2) is 44.1 Å². The molecular weight excluding hydrogens is 426 g/mol. The van der Waals surface area contributed by atoms with E-state index in [0.29, 0.717) is 37.0 Å². The number of benzene rings is 1. The highest BCUT2D eigenvalue weighted by Crippen LogP contribution is 2.32. The molecule has 1 amide bonds. The summed E-state index contributed by atoms with van der Waals surface area (Å²) < 4.78 is 28.3. The number of thioether (sulfide) groups is 1. The van der Waals surface area contributed by atoms with Gasteiger partial charge in [-0.3, -0.25) is 9.69 Å². The van der Waals surface area contributed by atoms with Crippen molar-refractivity contribution < 1.29 is 13.2 Å². The molecule has 158 valence electrons. The number of anilines is 1. The summed E-state index contributed by atoms with van der Waals surface area (Å²) in [6.45, 7) is 6.07. The topological polar surface area (TPSA) is 78.5 Å². The van der Waals surface area contributed by atoms with Crippen LogP contribution in [-0.2, 0) is 21.4 Å². The molecule has 0 unspecified atom stereocenters. The fraction of sp³-hybridized carbons (Fsp3) is 0.450. The third-order valence-electron chi connectivity index (χ3n) is 4.97. The molecule has 3 rings (SSSR count). The minimum absolute atomic E-state index is 0.0865. The third kappa shape index (κ3) is 6.05. The van der Waals surface area contributed by atoms with Gasteiger partial charge in [-0.05, 0) is 43.0 Å². The Morgan fingerprint density at radius 1 is 1.31 bits per heavy atom. The Labute approximate surface area is 181 Å². The van der Waals surface area contributed by atoms with E-state index in [0.717, 1.165) is 17.9 Å². The zero-order valence-electron chi connectivity index (χ0n) is 16.7. The van der Waals surface area contributed by atoms with Crippen molar-refractivity contribution in [1.82, 2.24) is 9.62 Å². The first kappa shape index (κ1) is 22.3. The Hall–Kier alpha value is -1.39. The fourth-order valence-electron chi connectivity index (χ4n) is 3.09. The number of nitrogens with one attached hydrogen (secondary N) is 2. The molecule has 29 heavy (non-hydrogen) atoms. The normalized spacial score (nSPS) is 15.6. The van der Waals surface area contributed by atoms with Crippen molar-refractivity contribution in [2.75, 3.05) is 24.2 Å². The lowest BCUT2D eigenvalue weighted by Gasteiger charge is -2.28. The zero-order chi connectivity index (χ0) is 20.9. The van der Waals surface area contributed by atoms with Crippen molar-refractivity contribution >= 4 is 44.7 Å². The van der Waals surface area contributed by atoms with Crippen LogP contribution >= 0.6 is 23.1 Å². The average Bonchev–Trinajstić information content (AvgIpc) is 3.13. The van der Waals surface area contributed by atoms with Crippen molar-refractivity contribution in [2.24, 2.45) is 0 Å². The van der Waals surface area contributed by atoms with E-state index in [9.17, 15) is 13.2 Å². The zero-order valence-corrected chi connectivity index (χ0v) is 19.1. The van der Waals surface area contributed by atoms with Crippen LogP contribution in [0.4, 0.5) is 5.69 Å². The molecule has 0 fully saturated rings. The van der Waals surface area contributed by atoms with Gasteiger partial charge in [0.05, 0.1) is 10.6 Å². The average molecular weight is 454 g/mol. The molecule has 2 heterocycles. The molecule has 0 bridgehead atoms. The molecular formula is C20H27N3O3S3. The molecule has 6 nitrogen and oxygen atoms in total. The highest BCUT2D eigenvalue weighted by atomic mass is 32.2. The molecule has 2 N–H and O–H groups in total. The smallest absolute Gasteiger partial charge is 0.240 e. The Kier molecular flexibility index (Phi) is 7.75. The maximum absolute atomic E-state index is 12.8. The highest BCUT2D eigenvalue weighted by molar-refractivity contribution is 7.99. The summed E-state index contributed by atoms with van der Waals surface area (Å²) in [6.07, 6.45) is 1.43. The Bertz CT molecular complexity index is 930. The van der Waals surface area contributed by atoms with Crippen LogP contribution in [0.15, 0.2) is 45.5 Å². The summed E-state index contributed by atoms with van der Waals surface area (Å²) in [5.74, 6) is 0.607. The number of amides is 1. The second-order valence-electron chi connectivity index (χ2n) is 7.01. The maximum Gasteiger partial charge on any atom is 0.240 e. The van der Waals surface area contributed by atoms with Gasteiger partial charge in [0.2, 0.25) is 15.9 Å². The largest absolute Gasteiger partial charge is 0.325 e. The summed E-state index contributed by atoms with van der Waals surface area (Å²) in [5, 5.41) is 4.86. The lowest BCUT2D eigenvalue weighted by Crippen LogP contribution is -2.39. The molecule has 0 saturated carbocycles. The van der Waals surface area contributed by atoms with Crippen LogP contribution in [0, 0.1) is 0 Å². The Morgan fingerprint density at radius 3 is 2.86 bits per heavy atom. The molecule has 1 aromatic heterocycles. The van der Waals surface area contributed by atoms with Gasteiger partial charge in [0.15, 0.2) is 0 Å². The summed E-state index contributed by atoms with van der Waals surface area (Å²) >= 11 is 3.27. The van der Waals surface area contributed by atoms with E-state index in [1.807, 2.05) is 6.07 Å². The lowest BCUT2D eigenvalue weighted by atomic mass is 10.2. The van der Waals surface area contributed by atoms with Gasteiger partial charge in [0, 0.05) is 47.6 Å². The van der Waals surface area contributed by atoms with E-state index in [4.69, 9.17) is 0 Å². The van der Waals surface area contributed by atoms with Crippen molar-refractivity contribution in [2.45, 2.75) is 49.1 Å². The van der Waals surface area contributed by atoms with Gasteiger partial charge in [-0.1, -0.05) is 13.0 Å². The van der Waals surface area contributed by atoms with Crippen LogP contribution < -0.4 is 10.0 Å². The summed E-state index contributed by atoms with van der Waals surface area (Å²) in [7, 11) is -3.65. The molecule has 0 spiro atoms. The molecule has 1 aliphatic rings. The summed E-state index contributed by atoms with van der Waals surface area (Å²) in [5.41, 5.74) is 0.569. The summed E-state index contributed by atoms with van der Waals surface area (Å²) in [6, 6.07) is 9.42. The first-order chi connectivity index (χ1) is 13.9. The number of fused-ring (bicyclic) bond motifs is 1. The maximum atomic E-state index is 12.8. The van der Waals surface area contributed by atoms with E-state index >= 15 is 0 Å². The van der Waals surface area contributed by atoms with Gasteiger partial charge < -0.3 is 5.32 Å². The first-order valence-corrected chi connectivity index (χ1v) is 13.1. The van der Waals surface area contributed by atoms with Crippen LogP contribution in [0.2, 0.25) is 0 Å². The van der Waals surface area contributed by atoms with Crippen molar-refractivity contribution in [3.05, 3.63) is 40.6 Å². The molecule has 9 heteroatoms. The molecule has 2 aromatic rings. The van der Waals surface area contributed by atoms with Crippen molar-refractivity contribution in [1.29, 1.82) is 0 Å². The van der Waals surface area contributed by atoms with Crippen molar-refractivity contribution in [3.8, 4) is 0 Å². The minimum Gasteiger partial charge on any atom is -0.325 e. The number of hydrogen-bond acceptors (Lipinski definition) is 6. The number of thiophene rings is 1. The van der Waals surface area contributed by atoms with Crippen molar-refractivity contribution in [3.63, 3.8) is 0 Å². The minimum atomic E-state index is -3.65. The van der Waals surface area contributed by atoms with E-state index in [1.165, 1.54) is 4.88 Å². The molecule has 1 aromatic carbocycles. The first-order valence-electron chi connectivity index (χ1n) is 9.72. The van der Waals surface area contributed by atoms with Crippen LogP contribution in [0.3, 0.4) is 0 Å². The van der Waals surface area contributed by atoms with Gasteiger partial charge >= 0.3 is 0 Å². The Balaban J connectivity index is 1.65. The monoisotopic (exact) mass is 453 g/mol. The second-order valence-corrected chi connectivity index (χ2v) is 10.9. The number of carbonyl (C=O) groups is 1. The van der Waals surface area contributed by atoms with Crippen LogP contribution in [0.1, 0.15) is 31.6 Å². The van der Waals surface area contributed by atoms with Gasteiger partial charge in [-0.25, -0.2) is 13.1 Å². The SMILES string of the molecule is CC[C@H](C)N(CCNS(=O)(=O)c1ccc2c(c1)NC(=O)CCS2)Cc1cccs1. The predicted molar refractivity (Wildman–Crippen MR) is 120 cm³/mol. The van der Waals surface area contributed by atoms with Gasteiger partial charge in [0.25, 0.3) is 0 Å². The van der Waals surface area contributed by atoms with E-state index in [-0.39, 0.29) is 10.8 Å². The molecule has 0 radical (unpaired) electrons. The number of nitrogens with zero attached hydrogens (tertiary/aromatic N) is 1. The van der Waals surface area contributed by atoms with E-state index < -0.39 is 10.0 Å². The number of carbonyl (C=O) groups excluding carboxylic acids is 1. The Morgan fingerprint density at radius 2 is 2.14 bits per heavy atom. The van der Waals surface area contributed by atoms with Crippen LogP contribution in [0.5, 0.6) is 0 Å². The highest BCUT2D eigenvalue weighted by Gasteiger charge is 2.20. The standard InChI is InChI=1S/C20H27N3O3S3/c1-3-15(2)23(14-16-5-4-11-27-16)10-9-21-29(25,26)17-6-7-19-18(13-17)22-20(24)8-12-28-19/h4-7,11,13,15,21H,3,8-10,12,14H2,1-2H3,(H,22,24)/t15-/m0/s1. The summed E-state index contributed by atoms with van der Waals surface area (Å²) in [4.78, 5) is 16.4. The molecule has 1 aliphatic heterocycles. The van der Waals surface area contributed by atoms with E-state index in [2.05, 4.69) is 40.2 Å². The lowest BCUT2D eigenvalue weighted by molar-refractivity contribution is -0.115. The quantitative estimate of drug-likeness (QED) is 0.604. The molecule has 1 atom stereocenters. The molecule has 0 aliphatic carbocycles. The third-order valence-corrected chi connectivity index (χ3v) is 8.36. The van der Waals surface area contributed by atoms with Gasteiger partial charge in [-0.2, -0.15) is 0 Å². The van der Waals surface area contributed by atoms with Crippen LogP contribution in [0.25, 0.3) is 0 Å².